The van der Waals surface area contributed by atoms with E-state index >= 15 is 0 Å². The van der Waals surface area contributed by atoms with E-state index < -0.39 is 15.3 Å². The third-order valence-corrected chi connectivity index (χ3v) is 3.26. The normalized spacial score (nSPS) is 8.13. The van der Waals surface area contributed by atoms with Gasteiger partial charge in [-0.1, -0.05) is 46.1 Å². The van der Waals surface area contributed by atoms with Gasteiger partial charge in [-0.15, -0.1) is 0 Å². The van der Waals surface area contributed by atoms with E-state index in [1.54, 1.807) is 48.5 Å². The molecule has 0 amide bonds. The second-order valence-electron chi connectivity index (χ2n) is 6.01. The molecular formula is C22H24N7NiO15Tb-2. The standard InChI is InChI=1S/C18H20N2O6.2C2H3N.3NO3.Ni.Tb/c1-23-15-7-3-5-13(17(15)21)11-19-25-9-10-26-20-12-14-6-4-8-16(24-2)18(14)22;2*1-2-3;3*2-1(3)4;;/h3-8,11-12,21-22H,9-10H2,1-2H3;2*1H3;;;;;/q;;;3*-1;+3;/p-2/b19-11+,20-12+;;;;;;;. The topological polar surface area (TPSA) is 354 Å². The summed E-state index contributed by atoms with van der Waals surface area (Å²) in [7, 11) is 2.85. The van der Waals surface area contributed by atoms with Gasteiger partial charge in [0.1, 0.15) is 11.5 Å². The van der Waals surface area contributed by atoms with Gasteiger partial charge in [-0.3, -0.25) is 0 Å². The molecule has 0 atom stereocenters. The van der Waals surface area contributed by atoms with Crippen LogP contribution in [0.4, 0.5) is 0 Å². The van der Waals surface area contributed by atoms with E-state index in [1.165, 1.54) is 40.5 Å². The van der Waals surface area contributed by atoms with E-state index in [-0.39, 0.29) is 91.3 Å². The maximum Gasteiger partial charge on any atom is 3.00 e. The number of oxime groups is 2. The van der Waals surface area contributed by atoms with Crippen LogP contribution >= 0.6 is 0 Å². The molecular weight excluding hydrogens is 820 g/mol. The predicted octanol–water partition coefficient (Wildman–Crippen LogP) is 1.59. The first-order valence-electron chi connectivity index (χ1n) is 10.7. The van der Waals surface area contributed by atoms with Gasteiger partial charge in [-0.05, 0) is 23.3 Å². The summed E-state index contributed by atoms with van der Waals surface area (Å²) in [4.78, 5) is 34.7. The molecule has 0 aromatic heterocycles. The van der Waals surface area contributed by atoms with Crippen molar-refractivity contribution in [1.29, 1.82) is 10.5 Å². The van der Waals surface area contributed by atoms with Crippen molar-refractivity contribution in [1.82, 2.24) is 0 Å². The van der Waals surface area contributed by atoms with Crippen LogP contribution in [0.5, 0.6) is 23.0 Å². The Bertz CT molecular complexity index is 1140. The fourth-order valence-corrected chi connectivity index (χ4v) is 1.96. The maximum atomic E-state index is 11.9. The van der Waals surface area contributed by atoms with Crippen molar-refractivity contribution in [3.8, 4) is 35.1 Å². The zero-order valence-electron chi connectivity index (χ0n) is 23.9. The van der Waals surface area contributed by atoms with Crippen LogP contribution in [0, 0.1) is 107 Å². The summed E-state index contributed by atoms with van der Waals surface area (Å²) in [5, 5.41) is 90.0. The van der Waals surface area contributed by atoms with Gasteiger partial charge in [-0.2, -0.15) is 10.5 Å². The van der Waals surface area contributed by atoms with Gasteiger partial charge in [-0.25, -0.2) is 0 Å². The summed E-state index contributed by atoms with van der Waals surface area (Å²) >= 11 is 0. The first-order valence-corrected chi connectivity index (χ1v) is 10.7. The second kappa shape index (κ2) is 38.0. The summed E-state index contributed by atoms with van der Waals surface area (Å²) in [6.07, 6.45) is 2.60. The van der Waals surface area contributed by atoms with Gasteiger partial charge >= 0.3 is 16.5 Å². The molecule has 0 aliphatic heterocycles. The Morgan fingerprint density at radius 2 is 0.935 bits per heavy atom. The predicted molar refractivity (Wildman–Crippen MR) is 146 cm³/mol. The number of hydrogen-bond donors (Lipinski definition) is 0. The van der Waals surface area contributed by atoms with Crippen molar-refractivity contribution in [2.75, 3.05) is 27.4 Å². The number of rotatable bonds is 9. The maximum absolute atomic E-state index is 11.9. The fraction of sp³-hybridized carbons (Fsp3) is 0.273. The summed E-state index contributed by atoms with van der Waals surface area (Å²) in [6, 6.07) is 13.2. The Morgan fingerprint density at radius 3 is 1.15 bits per heavy atom. The Hall–Kier alpha value is -5.06. The van der Waals surface area contributed by atoms with Gasteiger partial charge in [0.25, 0.3) is 0 Å². The zero-order valence-corrected chi connectivity index (χ0v) is 27.1. The molecule has 46 heavy (non-hydrogen) atoms. The molecule has 2 aromatic carbocycles. The Morgan fingerprint density at radius 1 is 0.696 bits per heavy atom. The number of nitrogens with zero attached hydrogens (tertiary/aromatic N) is 7. The number of hydrogen-bond acceptors (Lipinski definition) is 19. The Labute approximate surface area is 301 Å². The molecule has 0 aliphatic rings. The number of benzene rings is 2. The average Bonchev–Trinajstić information content (AvgIpc) is 2.92. The number of nitriles is 2. The van der Waals surface area contributed by atoms with E-state index in [0.717, 1.165) is 0 Å². The first-order chi connectivity index (χ1) is 20.7. The van der Waals surface area contributed by atoms with Crippen molar-refractivity contribution >= 4 is 12.4 Å². The van der Waals surface area contributed by atoms with E-state index in [0.29, 0.717) is 11.1 Å². The first kappa shape index (κ1) is 53.5. The number of para-hydroxylation sites is 2. The van der Waals surface area contributed by atoms with Crippen LogP contribution in [-0.4, -0.2) is 55.1 Å². The molecule has 0 aliphatic carbocycles. The SMILES string of the molecule is CC#N.CC#N.COc1cccc(/C=N/OCCO/N=C/c2cccc(OC)c2[O-])c1[O-].O=[N+]([O-])[O-].O=[N+]([O-])[O-].O=[N+]([O-])[O-].[Ni+3].[Tb]. The Balaban J connectivity index is -0.000000166. The van der Waals surface area contributed by atoms with E-state index in [2.05, 4.69) is 10.3 Å². The van der Waals surface area contributed by atoms with Crippen LogP contribution in [0.3, 0.4) is 0 Å². The molecule has 0 fully saturated rings. The van der Waals surface area contributed by atoms with Crippen LogP contribution < -0.4 is 19.7 Å². The summed E-state index contributed by atoms with van der Waals surface area (Å²) in [5.74, 6) is -0.0615. The van der Waals surface area contributed by atoms with Gasteiger partial charge in [0.15, 0.2) is 13.2 Å². The average molecular weight is 844 g/mol. The van der Waals surface area contributed by atoms with Crippen LogP contribution in [0.15, 0.2) is 46.7 Å². The molecule has 0 unspecified atom stereocenters. The quantitative estimate of drug-likeness (QED) is 0.114. The number of ether oxygens (including phenoxy) is 2. The van der Waals surface area contributed by atoms with Crippen molar-refractivity contribution in [3.05, 3.63) is 93.5 Å². The second-order valence-corrected chi connectivity index (χ2v) is 6.01. The minimum Gasteiger partial charge on any atom is -0.870 e. The molecule has 0 bridgehead atoms. The van der Waals surface area contributed by atoms with Crippen LogP contribution in [0.25, 0.3) is 0 Å². The Kier molecular flexibility index (Phi) is 44.1. The molecule has 2 rings (SSSR count). The molecule has 0 heterocycles. The summed E-state index contributed by atoms with van der Waals surface area (Å²) in [6.45, 7) is 3.10. The van der Waals surface area contributed by atoms with Crippen molar-refractivity contribution in [3.63, 3.8) is 0 Å². The van der Waals surface area contributed by atoms with Crippen LogP contribution in [0.1, 0.15) is 25.0 Å². The molecule has 2 aromatic rings. The van der Waals surface area contributed by atoms with Gasteiger partial charge in [0.05, 0.1) is 54.0 Å². The largest absolute Gasteiger partial charge is 3.00 e. The van der Waals surface area contributed by atoms with Crippen molar-refractivity contribution in [2.24, 2.45) is 10.3 Å². The van der Waals surface area contributed by atoms with Crippen LogP contribution in [-0.2, 0) is 26.2 Å². The molecule has 258 valence electrons. The fourth-order valence-electron chi connectivity index (χ4n) is 1.96. The minimum atomic E-state index is -1.75. The zero-order chi connectivity index (χ0) is 34.9. The van der Waals surface area contributed by atoms with E-state index in [4.69, 9.17) is 75.6 Å². The number of methoxy groups -OCH3 is 2. The molecule has 2 radical (unpaired) electrons. The van der Waals surface area contributed by atoms with Crippen molar-refractivity contribution < 1.29 is 99.7 Å². The van der Waals surface area contributed by atoms with E-state index in [1.807, 2.05) is 0 Å². The molecule has 0 saturated heterocycles. The molecule has 0 N–H and O–H groups in total. The van der Waals surface area contributed by atoms with Gasteiger partial charge in [0, 0.05) is 52.5 Å². The molecule has 22 nitrogen and oxygen atoms in total. The third kappa shape index (κ3) is 38.9. The van der Waals surface area contributed by atoms with Crippen molar-refractivity contribution in [2.45, 2.75) is 13.8 Å². The molecule has 24 heteroatoms. The smallest absolute Gasteiger partial charge is 0.870 e. The van der Waals surface area contributed by atoms with Crippen LogP contribution in [0.2, 0.25) is 0 Å². The van der Waals surface area contributed by atoms with E-state index in [9.17, 15) is 10.2 Å². The minimum absolute atomic E-state index is 0. The monoisotopic (exact) mass is 843 g/mol. The molecule has 0 saturated carbocycles. The molecule has 0 spiro atoms. The van der Waals surface area contributed by atoms with Gasteiger partial charge in [0.2, 0.25) is 0 Å². The summed E-state index contributed by atoms with van der Waals surface area (Å²) in [5.41, 5.74) is 0.702. The van der Waals surface area contributed by atoms with Gasteiger partial charge < -0.3 is 75.3 Å². The summed E-state index contributed by atoms with van der Waals surface area (Å²) < 4.78 is 9.87. The third-order valence-electron chi connectivity index (χ3n) is 3.26.